The topological polar surface area (TPSA) is 66.9 Å². The van der Waals surface area contributed by atoms with Crippen LogP contribution in [0.5, 0.6) is 0 Å². The molecule has 1 aromatic carbocycles. The van der Waals surface area contributed by atoms with E-state index in [0.717, 1.165) is 0 Å². The van der Waals surface area contributed by atoms with Crippen LogP contribution in [-0.4, -0.2) is 59.9 Å². The zero-order chi connectivity index (χ0) is 16.4. The molecule has 6 nitrogen and oxygen atoms in total. The van der Waals surface area contributed by atoms with Crippen LogP contribution in [-0.2, 0) is 14.3 Å². The Morgan fingerprint density at radius 2 is 1.78 bits per heavy atom. The van der Waals surface area contributed by atoms with Gasteiger partial charge in [0.1, 0.15) is 13.2 Å². The lowest BCUT2D eigenvalue weighted by Crippen LogP contribution is -2.55. The fraction of sp³-hybridized carbons (Fsp3) is 0.438. The Bertz CT molecular complexity index is 625. The van der Waals surface area contributed by atoms with Crippen molar-refractivity contribution in [2.45, 2.75) is 18.9 Å². The van der Waals surface area contributed by atoms with Gasteiger partial charge in [0.2, 0.25) is 0 Å². The molecule has 3 rings (SSSR count). The molecule has 0 spiro atoms. The van der Waals surface area contributed by atoms with E-state index in [-0.39, 0.29) is 37.0 Å². The van der Waals surface area contributed by atoms with Crippen molar-refractivity contribution < 1.29 is 19.1 Å². The first-order chi connectivity index (χ1) is 11.1. The Kier molecular flexibility index (Phi) is 4.63. The van der Waals surface area contributed by atoms with Crippen molar-refractivity contribution in [3.8, 4) is 0 Å². The van der Waals surface area contributed by atoms with E-state index in [9.17, 15) is 14.4 Å². The molecule has 122 valence electrons. The quantitative estimate of drug-likeness (QED) is 0.764. The Morgan fingerprint density at radius 3 is 2.39 bits per heavy atom. The van der Waals surface area contributed by atoms with Gasteiger partial charge in [0, 0.05) is 29.7 Å². The first kappa shape index (κ1) is 16.0. The standard InChI is InChI=1S/C16H17ClN2O4/c17-12-3-1-2-11(8-12)16(22)18-6-4-13(5-7-18)19-14(20)9-23-10-15(19)21/h1-3,8,13H,4-7,9-10H2. The number of morpholine rings is 1. The highest BCUT2D eigenvalue weighted by molar-refractivity contribution is 6.30. The normalized spacial score (nSPS) is 20.0. The van der Waals surface area contributed by atoms with E-state index in [1.165, 1.54) is 4.90 Å². The SMILES string of the molecule is O=C(c1cccc(Cl)c1)N1CCC(N2C(=O)COCC2=O)CC1. The molecule has 0 aliphatic carbocycles. The van der Waals surface area contributed by atoms with Gasteiger partial charge in [-0.1, -0.05) is 17.7 Å². The second kappa shape index (κ2) is 6.68. The monoisotopic (exact) mass is 336 g/mol. The van der Waals surface area contributed by atoms with Crippen molar-refractivity contribution in [1.82, 2.24) is 9.80 Å². The summed E-state index contributed by atoms with van der Waals surface area (Å²) in [6.45, 7) is 0.919. The average molecular weight is 337 g/mol. The van der Waals surface area contributed by atoms with E-state index < -0.39 is 0 Å². The summed E-state index contributed by atoms with van der Waals surface area (Å²) >= 11 is 5.92. The number of benzene rings is 1. The minimum absolute atomic E-state index is 0.0482. The van der Waals surface area contributed by atoms with Crippen LogP contribution in [0.2, 0.25) is 5.02 Å². The van der Waals surface area contributed by atoms with Gasteiger partial charge < -0.3 is 9.64 Å². The van der Waals surface area contributed by atoms with Gasteiger partial charge >= 0.3 is 0 Å². The minimum Gasteiger partial charge on any atom is -0.362 e. The largest absolute Gasteiger partial charge is 0.362 e. The highest BCUT2D eigenvalue weighted by atomic mass is 35.5. The van der Waals surface area contributed by atoms with Crippen molar-refractivity contribution in [2.75, 3.05) is 26.3 Å². The fourth-order valence-corrected chi connectivity index (χ4v) is 3.23. The molecule has 2 aliphatic heterocycles. The third kappa shape index (κ3) is 3.38. The van der Waals surface area contributed by atoms with Crippen LogP contribution < -0.4 is 0 Å². The molecular weight excluding hydrogens is 320 g/mol. The van der Waals surface area contributed by atoms with Gasteiger partial charge in [-0.25, -0.2) is 0 Å². The summed E-state index contributed by atoms with van der Waals surface area (Å²) in [6, 6.07) is 6.69. The highest BCUT2D eigenvalue weighted by Crippen LogP contribution is 2.21. The fourth-order valence-electron chi connectivity index (χ4n) is 3.04. The van der Waals surface area contributed by atoms with Crippen molar-refractivity contribution in [1.29, 1.82) is 0 Å². The van der Waals surface area contributed by atoms with Crippen LogP contribution in [0, 0.1) is 0 Å². The van der Waals surface area contributed by atoms with Crippen molar-refractivity contribution in [3.63, 3.8) is 0 Å². The maximum absolute atomic E-state index is 12.5. The summed E-state index contributed by atoms with van der Waals surface area (Å²) in [5, 5.41) is 0.523. The maximum atomic E-state index is 12.5. The van der Waals surface area contributed by atoms with Gasteiger partial charge in [-0.2, -0.15) is 0 Å². The summed E-state index contributed by atoms with van der Waals surface area (Å²) in [6.07, 6.45) is 1.17. The second-order valence-electron chi connectivity index (χ2n) is 5.68. The van der Waals surface area contributed by atoms with Crippen LogP contribution in [0.1, 0.15) is 23.2 Å². The number of hydrogen-bond acceptors (Lipinski definition) is 4. The molecule has 2 fully saturated rings. The number of amides is 3. The Balaban J connectivity index is 1.63. The lowest BCUT2D eigenvalue weighted by molar-refractivity contribution is -0.162. The van der Waals surface area contributed by atoms with E-state index in [1.807, 2.05) is 0 Å². The third-order valence-electron chi connectivity index (χ3n) is 4.18. The molecule has 0 bridgehead atoms. The van der Waals surface area contributed by atoms with E-state index in [4.69, 9.17) is 16.3 Å². The average Bonchev–Trinajstić information content (AvgIpc) is 2.55. The number of halogens is 1. The van der Waals surface area contributed by atoms with Gasteiger partial charge in [0.15, 0.2) is 0 Å². The molecule has 1 aromatic rings. The number of likely N-dealkylation sites (tertiary alicyclic amines) is 1. The molecule has 2 heterocycles. The van der Waals surface area contributed by atoms with Crippen LogP contribution in [0.3, 0.4) is 0 Å². The molecule has 0 atom stereocenters. The maximum Gasteiger partial charge on any atom is 0.255 e. The molecular formula is C16H17ClN2O4. The Labute approximate surface area is 138 Å². The van der Waals surface area contributed by atoms with Crippen molar-refractivity contribution in [3.05, 3.63) is 34.9 Å². The molecule has 0 aromatic heterocycles. The molecule has 0 saturated carbocycles. The first-order valence-corrected chi connectivity index (χ1v) is 7.91. The number of carbonyl (C=O) groups excluding carboxylic acids is 3. The molecule has 0 radical (unpaired) electrons. The van der Waals surface area contributed by atoms with Crippen LogP contribution in [0.4, 0.5) is 0 Å². The van der Waals surface area contributed by atoms with Crippen LogP contribution in [0.15, 0.2) is 24.3 Å². The van der Waals surface area contributed by atoms with E-state index in [2.05, 4.69) is 0 Å². The number of carbonyl (C=O) groups is 3. The summed E-state index contributed by atoms with van der Waals surface area (Å²) < 4.78 is 4.93. The van der Waals surface area contributed by atoms with E-state index in [0.29, 0.717) is 36.5 Å². The Hall–Kier alpha value is -1.92. The zero-order valence-corrected chi connectivity index (χ0v) is 13.3. The molecule has 23 heavy (non-hydrogen) atoms. The predicted octanol–water partition coefficient (Wildman–Crippen LogP) is 1.33. The third-order valence-corrected chi connectivity index (χ3v) is 4.41. The first-order valence-electron chi connectivity index (χ1n) is 7.54. The lowest BCUT2D eigenvalue weighted by atomic mass is 10.0. The van der Waals surface area contributed by atoms with Crippen molar-refractivity contribution >= 4 is 29.3 Å². The number of piperidine rings is 1. The molecule has 2 saturated heterocycles. The van der Waals surface area contributed by atoms with Gasteiger partial charge in [0.05, 0.1) is 0 Å². The predicted molar refractivity (Wildman–Crippen MR) is 83.0 cm³/mol. The summed E-state index contributed by atoms with van der Waals surface area (Å²) in [5.41, 5.74) is 0.550. The summed E-state index contributed by atoms with van der Waals surface area (Å²) in [4.78, 5) is 39.2. The van der Waals surface area contributed by atoms with E-state index in [1.54, 1.807) is 29.2 Å². The van der Waals surface area contributed by atoms with Gasteiger partial charge in [-0.05, 0) is 31.0 Å². The summed E-state index contributed by atoms with van der Waals surface area (Å²) in [7, 11) is 0. The number of nitrogens with zero attached hydrogens (tertiary/aromatic N) is 2. The summed E-state index contributed by atoms with van der Waals surface area (Å²) in [5.74, 6) is -0.660. The molecule has 0 N–H and O–H groups in total. The van der Waals surface area contributed by atoms with E-state index >= 15 is 0 Å². The molecule has 2 aliphatic rings. The molecule has 7 heteroatoms. The number of ether oxygens (including phenoxy) is 1. The zero-order valence-electron chi connectivity index (χ0n) is 12.5. The second-order valence-corrected chi connectivity index (χ2v) is 6.12. The lowest BCUT2D eigenvalue weighted by Gasteiger charge is -2.38. The number of imide groups is 1. The van der Waals surface area contributed by atoms with Gasteiger partial charge in [-0.15, -0.1) is 0 Å². The Morgan fingerprint density at radius 1 is 1.13 bits per heavy atom. The van der Waals surface area contributed by atoms with Crippen LogP contribution in [0.25, 0.3) is 0 Å². The van der Waals surface area contributed by atoms with Gasteiger partial charge in [-0.3, -0.25) is 19.3 Å². The van der Waals surface area contributed by atoms with Crippen LogP contribution >= 0.6 is 11.6 Å². The number of rotatable bonds is 2. The minimum atomic E-state index is -0.291. The smallest absolute Gasteiger partial charge is 0.255 e. The molecule has 0 unspecified atom stereocenters. The highest BCUT2D eigenvalue weighted by Gasteiger charge is 2.35. The van der Waals surface area contributed by atoms with Crippen molar-refractivity contribution in [2.24, 2.45) is 0 Å². The molecule has 3 amide bonds. The number of hydrogen-bond donors (Lipinski definition) is 0. The van der Waals surface area contributed by atoms with Gasteiger partial charge in [0.25, 0.3) is 17.7 Å².